The molecule has 0 unspecified atom stereocenters. The molecule has 0 aliphatic carbocycles. The van der Waals surface area contributed by atoms with Crippen molar-refractivity contribution >= 4 is 27.5 Å². The van der Waals surface area contributed by atoms with Crippen LogP contribution in [0.4, 0.5) is 5.69 Å². The summed E-state index contributed by atoms with van der Waals surface area (Å²) in [7, 11) is -2.55. The lowest BCUT2D eigenvalue weighted by Crippen LogP contribution is -2.51. The molecule has 7 nitrogen and oxygen atoms in total. The van der Waals surface area contributed by atoms with Gasteiger partial charge in [-0.05, 0) is 75.1 Å². The number of amides is 2. The van der Waals surface area contributed by atoms with Crippen molar-refractivity contribution in [2.75, 3.05) is 17.9 Å². The summed E-state index contributed by atoms with van der Waals surface area (Å²) in [5, 5.41) is 2.65. The van der Waals surface area contributed by atoms with Gasteiger partial charge in [-0.15, -0.1) is 0 Å². The predicted octanol–water partition coefficient (Wildman–Crippen LogP) is 4.67. The molecule has 3 aromatic rings. The minimum Gasteiger partial charge on any atom is -0.357 e. The van der Waals surface area contributed by atoms with Crippen LogP contribution in [0, 0.1) is 27.7 Å². The van der Waals surface area contributed by atoms with Gasteiger partial charge in [-0.2, -0.15) is 0 Å². The van der Waals surface area contributed by atoms with Crippen LogP contribution in [-0.4, -0.2) is 44.8 Å². The van der Waals surface area contributed by atoms with Gasteiger partial charge < -0.3 is 10.2 Å². The van der Waals surface area contributed by atoms with Crippen LogP contribution < -0.4 is 9.62 Å². The fourth-order valence-corrected chi connectivity index (χ4v) is 5.95. The maximum Gasteiger partial charge on any atom is 0.264 e. The summed E-state index contributed by atoms with van der Waals surface area (Å²) in [6.45, 7) is 9.18. The van der Waals surface area contributed by atoms with Gasteiger partial charge in [0.25, 0.3) is 10.0 Å². The predicted molar refractivity (Wildman–Crippen MR) is 152 cm³/mol. The van der Waals surface area contributed by atoms with Gasteiger partial charge in [-0.3, -0.25) is 13.9 Å². The van der Waals surface area contributed by atoms with Crippen LogP contribution in [0.3, 0.4) is 0 Å². The molecule has 202 valence electrons. The normalized spacial score (nSPS) is 12.1. The van der Waals surface area contributed by atoms with Crippen LogP contribution in [0.1, 0.15) is 41.2 Å². The first-order valence-electron chi connectivity index (χ1n) is 12.7. The molecule has 0 saturated carbocycles. The van der Waals surface area contributed by atoms with Gasteiger partial charge in [0.1, 0.15) is 12.6 Å². The highest BCUT2D eigenvalue weighted by atomic mass is 32.2. The summed E-state index contributed by atoms with van der Waals surface area (Å²) in [5.41, 5.74) is 4.98. The van der Waals surface area contributed by atoms with Gasteiger partial charge in [-0.1, -0.05) is 60.5 Å². The lowest BCUT2D eigenvalue weighted by Gasteiger charge is -2.33. The summed E-state index contributed by atoms with van der Waals surface area (Å²) in [6.07, 6.45) is 0.380. The highest BCUT2D eigenvalue weighted by Crippen LogP contribution is 2.27. The highest BCUT2D eigenvalue weighted by molar-refractivity contribution is 7.92. The van der Waals surface area contributed by atoms with Crippen LogP contribution in [0.2, 0.25) is 0 Å². The van der Waals surface area contributed by atoms with Crippen LogP contribution in [0.15, 0.2) is 71.6 Å². The van der Waals surface area contributed by atoms with Crippen LogP contribution in [0.5, 0.6) is 0 Å². The Hall–Kier alpha value is -3.65. The quantitative estimate of drug-likeness (QED) is 0.409. The molecular formula is C30H37N3O4S. The summed E-state index contributed by atoms with van der Waals surface area (Å²) in [6, 6.07) is 19.0. The first kappa shape index (κ1) is 28.9. The lowest BCUT2D eigenvalue weighted by molar-refractivity contribution is -0.140. The summed E-state index contributed by atoms with van der Waals surface area (Å²) < 4.78 is 29.0. The molecule has 0 heterocycles. The third kappa shape index (κ3) is 6.81. The molecule has 0 saturated heterocycles. The molecule has 38 heavy (non-hydrogen) atoms. The van der Waals surface area contributed by atoms with Crippen molar-refractivity contribution in [1.82, 2.24) is 10.2 Å². The van der Waals surface area contributed by atoms with E-state index >= 15 is 0 Å². The number of anilines is 1. The van der Waals surface area contributed by atoms with Gasteiger partial charge in [0.2, 0.25) is 11.8 Å². The van der Waals surface area contributed by atoms with E-state index in [0.29, 0.717) is 12.1 Å². The Morgan fingerprint density at radius 3 is 2.03 bits per heavy atom. The minimum absolute atomic E-state index is 0.0960. The molecule has 0 aliphatic rings. The van der Waals surface area contributed by atoms with Crippen LogP contribution in [0.25, 0.3) is 0 Å². The third-order valence-electron chi connectivity index (χ3n) is 6.45. The molecular weight excluding hydrogens is 498 g/mol. The number of benzene rings is 3. The van der Waals surface area contributed by atoms with E-state index in [1.54, 1.807) is 36.4 Å². The van der Waals surface area contributed by atoms with Crippen LogP contribution >= 0.6 is 0 Å². The van der Waals surface area contributed by atoms with Crippen LogP contribution in [-0.2, 0) is 26.2 Å². The number of nitrogens with zero attached hydrogens (tertiary/aromatic N) is 2. The van der Waals surface area contributed by atoms with Crippen molar-refractivity contribution in [2.45, 2.75) is 58.5 Å². The molecule has 0 spiro atoms. The molecule has 3 aromatic carbocycles. The molecule has 0 aliphatic heterocycles. The number of aryl methyl sites for hydroxylation is 4. The monoisotopic (exact) mass is 535 g/mol. The Labute approximate surface area is 226 Å². The van der Waals surface area contributed by atoms with Crippen molar-refractivity contribution in [3.8, 4) is 0 Å². The standard InChI is InChI=1S/C30H37N3O4S/c1-7-28(30(35)31-6)32(19-25-10-8-9-22(3)16-25)29(34)20-33(26-17-23(4)15-24(5)18-26)38(36,37)27-13-11-21(2)12-14-27/h8-18,28H,7,19-20H2,1-6H3,(H,31,35)/t28-/m0/s1. The first-order chi connectivity index (χ1) is 18.0. The zero-order valence-electron chi connectivity index (χ0n) is 23.0. The first-order valence-corrected chi connectivity index (χ1v) is 14.1. The third-order valence-corrected chi connectivity index (χ3v) is 8.24. The van der Waals surface area contributed by atoms with E-state index in [1.165, 1.54) is 11.9 Å². The number of hydrogen-bond donors (Lipinski definition) is 1. The van der Waals surface area contributed by atoms with E-state index < -0.39 is 28.5 Å². The second kappa shape index (κ2) is 12.3. The Balaban J connectivity index is 2.10. The van der Waals surface area contributed by atoms with Gasteiger partial charge in [-0.25, -0.2) is 8.42 Å². The largest absolute Gasteiger partial charge is 0.357 e. The number of likely N-dealkylation sites (N-methyl/N-ethyl adjacent to an activating group) is 1. The summed E-state index contributed by atoms with van der Waals surface area (Å²) >= 11 is 0. The average Bonchev–Trinajstić information content (AvgIpc) is 2.86. The number of sulfonamides is 1. The van der Waals surface area contributed by atoms with Crippen molar-refractivity contribution < 1.29 is 18.0 Å². The van der Waals surface area contributed by atoms with E-state index in [0.717, 1.165) is 32.1 Å². The number of carbonyl (C=O) groups excluding carboxylic acids is 2. The lowest BCUT2D eigenvalue weighted by atomic mass is 10.1. The molecule has 0 fully saturated rings. The van der Waals surface area contributed by atoms with Crippen molar-refractivity contribution in [2.24, 2.45) is 0 Å². The summed E-state index contributed by atoms with van der Waals surface area (Å²) in [4.78, 5) is 28.4. The number of rotatable bonds is 10. The Morgan fingerprint density at radius 1 is 0.842 bits per heavy atom. The molecule has 2 amide bonds. The average molecular weight is 536 g/mol. The van der Waals surface area contributed by atoms with Crippen molar-refractivity contribution in [3.05, 3.63) is 94.5 Å². The van der Waals surface area contributed by atoms with E-state index in [2.05, 4.69) is 5.32 Å². The molecule has 0 aromatic heterocycles. The molecule has 0 bridgehead atoms. The van der Waals surface area contributed by atoms with E-state index in [9.17, 15) is 18.0 Å². The Kier molecular flexibility index (Phi) is 9.33. The van der Waals surface area contributed by atoms with Gasteiger partial charge in [0.05, 0.1) is 10.6 Å². The fourth-order valence-electron chi connectivity index (χ4n) is 4.55. The number of carbonyl (C=O) groups is 2. The minimum atomic E-state index is -4.09. The highest BCUT2D eigenvalue weighted by Gasteiger charge is 2.33. The second-order valence-corrected chi connectivity index (χ2v) is 11.6. The zero-order chi connectivity index (χ0) is 28.0. The van der Waals surface area contributed by atoms with Gasteiger partial charge in [0, 0.05) is 13.6 Å². The fraction of sp³-hybridized carbons (Fsp3) is 0.333. The van der Waals surface area contributed by atoms with E-state index in [4.69, 9.17) is 0 Å². The Bertz CT molecular complexity index is 1380. The number of nitrogens with one attached hydrogen (secondary N) is 1. The molecule has 0 radical (unpaired) electrons. The smallest absolute Gasteiger partial charge is 0.264 e. The zero-order valence-corrected chi connectivity index (χ0v) is 23.8. The maximum absolute atomic E-state index is 14.0. The maximum atomic E-state index is 14.0. The van der Waals surface area contributed by atoms with Gasteiger partial charge >= 0.3 is 0 Å². The number of hydrogen-bond acceptors (Lipinski definition) is 4. The van der Waals surface area contributed by atoms with Crippen molar-refractivity contribution in [1.29, 1.82) is 0 Å². The SMILES string of the molecule is CC[C@@H](C(=O)NC)N(Cc1cccc(C)c1)C(=O)CN(c1cc(C)cc(C)c1)S(=O)(=O)c1ccc(C)cc1. The summed E-state index contributed by atoms with van der Waals surface area (Å²) in [5.74, 6) is -0.760. The molecule has 8 heteroatoms. The van der Waals surface area contributed by atoms with E-state index in [1.807, 2.05) is 65.0 Å². The molecule has 1 atom stereocenters. The van der Waals surface area contributed by atoms with E-state index in [-0.39, 0.29) is 17.3 Å². The molecule has 3 rings (SSSR count). The molecule has 1 N–H and O–H groups in total. The van der Waals surface area contributed by atoms with Crippen molar-refractivity contribution in [3.63, 3.8) is 0 Å². The second-order valence-electron chi connectivity index (χ2n) is 9.72. The van der Waals surface area contributed by atoms with Gasteiger partial charge in [0.15, 0.2) is 0 Å². The Morgan fingerprint density at radius 2 is 1.47 bits per heavy atom. The topological polar surface area (TPSA) is 86.8 Å².